The summed E-state index contributed by atoms with van der Waals surface area (Å²) in [5, 5.41) is 18.8. The summed E-state index contributed by atoms with van der Waals surface area (Å²) in [5.41, 5.74) is 0. The molecular formula is C10H20O4. The van der Waals surface area contributed by atoms with E-state index < -0.39 is 18.2 Å². The van der Waals surface area contributed by atoms with Gasteiger partial charge in [0.15, 0.2) is 0 Å². The number of methoxy groups -OCH3 is 1. The summed E-state index contributed by atoms with van der Waals surface area (Å²) in [6.07, 6.45) is -0.539. The van der Waals surface area contributed by atoms with Gasteiger partial charge in [0.25, 0.3) is 0 Å². The molecule has 84 valence electrons. The second-order valence-electron chi connectivity index (χ2n) is 3.95. The Hall–Kier alpha value is -0.610. The molecule has 0 saturated heterocycles. The molecular weight excluding hydrogens is 184 g/mol. The van der Waals surface area contributed by atoms with E-state index in [2.05, 4.69) is 4.74 Å². The standard InChI is InChI=1S/C10H20O4/c1-7(2)4-8(11)5-9(12)6-10(13)14-3/h7-9,11-12H,4-6H2,1-3H3. The van der Waals surface area contributed by atoms with Gasteiger partial charge in [-0.15, -0.1) is 0 Å². The van der Waals surface area contributed by atoms with Gasteiger partial charge < -0.3 is 14.9 Å². The van der Waals surface area contributed by atoms with Gasteiger partial charge >= 0.3 is 5.97 Å². The summed E-state index contributed by atoms with van der Waals surface area (Å²) in [6, 6.07) is 0. The number of carbonyl (C=O) groups is 1. The van der Waals surface area contributed by atoms with Crippen molar-refractivity contribution in [1.82, 2.24) is 0 Å². The van der Waals surface area contributed by atoms with Crippen molar-refractivity contribution in [3.05, 3.63) is 0 Å². The van der Waals surface area contributed by atoms with Gasteiger partial charge in [0.1, 0.15) is 0 Å². The number of aliphatic hydroxyl groups excluding tert-OH is 2. The SMILES string of the molecule is COC(=O)CC(O)CC(O)CC(C)C. The summed E-state index contributed by atoms with van der Waals surface area (Å²) >= 11 is 0. The molecule has 0 bridgehead atoms. The predicted octanol–water partition coefficient (Wildman–Crippen LogP) is 0.707. The highest BCUT2D eigenvalue weighted by Gasteiger charge is 2.16. The second-order valence-corrected chi connectivity index (χ2v) is 3.95. The summed E-state index contributed by atoms with van der Waals surface area (Å²) in [7, 11) is 1.28. The Kier molecular flexibility index (Phi) is 6.49. The van der Waals surface area contributed by atoms with E-state index in [1.807, 2.05) is 13.8 Å². The van der Waals surface area contributed by atoms with E-state index >= 15 is 0 Å². The van der Waals surface area contributed by atoms with Gasteiger partial charge in [0.2, 0.25) is 0 Å². The zero-order chi connectivity index (χ0) is 11.1. The van der Waals surface area contributed by atoms with E-state index in [1.54, 1.807) is 0 Å². The van der Waals surface area contributed by atoms with Gasteiger partial charge in [0.05, 0.1) is 25.7 Å². The maximum Gasteiger partial charge on any atom is 0.308 e. The summed E-state index contributed by atoms with van der Waals surface area (Å²) in [5.74, 6) is -0.0652. The van der Waals surface area contributed by atoms with Crippen LogP contribution in [0.15, 0.2) is 0 Å². The topological polar surface area (TPSA) is 66.8 Å². The van der Waals surface area contributed by atoms with Crippen LogP contribution in [0.5, 0.6) is 0 Å². The predicted molar refractivity (Wildman–Crippen MR) is 52.7 cm³/mol. The molecule has 4 heteroatoms. The number of esters is 1. The molecule has 0 saturated carbocycles. The van der Waals surface area contributed by atoms with Crippen LogP contribution in [0.3, 0.4) is 0 Å². The number of carbonyl (C=O) groups excluding carboxylic acids is 1. The van der Waals surface area contributed by atoms with Crippen LogP contribution in [0.2, 0.25) is 0 Å². The van der Waals surface area contributed by atoms with Crippen molar-refractivity contribution in [1.29, 1.82) is 0 Å². The number of ether oxygens (including phenoxy) is 1. The van der Waals surface area contributed by atoms with Gasteiger partial charge in [-0.05, 0) is 18.8 Å². The monoisotopic (exact) mass is 204 g/mol. The Labute approximate surface area is 84.9 Å². The van der Waals surface area contributed by atoms with Crippen molar-refractivity contribution >= 4 is 5.97 Å². The fourth-order valence-corrected chi connectivity index (χ4v) is 1.31. The van der Waals surface area contributed by atoms with Crippen LogP contribution in [0.1, 0.15) is 33.1 Å². The fourth-order valence-electron chi connectivity index (χ4n) is 1.31. The first kappa shape index (κ1) is 13.4. The number of aliphatic hydroxyl groups is 2. The molecule has 0 rings (SSSR count). The Balaban J connectivity index is 3.70. The molecule has 0 radical (unpaired) electrons. The minimum absolute atomic E-state index is 0.0499. The first-order valence-electron chi connectivity index (χ1n) is 4.88. The Morgan fingerprint density at radius 2 is 1.79 bits per heavy atom. The molecule has 0 spiro atoms. The summed E-state index contributed by atoms with van der Waals surface area (Å²) < 4.78 is 4.40. The average molecular weight is 204 g/mol. The first-order chi connectivity index (χ1) is 6.45. The van der Waals surface area contributed by atoms with Crippen LogP contribution in [-0.4, -0.2) is 35.5 Å². The number of hydrogen-bond acceptors (Lipinski definition) is 4. The van der Waals surface area contributed by atoms with Gasteiger partial charge in [-0.2, -0.15) is 0 Å². The zero-order valence-electron chi connectivity index (χ0n) is 9.06. The smallest absolute Gasteiger partial charge is 0.308 e. The van der Waals surface area contributed by atoms with Crippen molar-refractivity contribution in [3.8, 4) is 0 Å². The van der Waals surface area contributed by atoms with Crippen molar-refractivity contribution in [2.45, 2.75) is 45.3 Å². The molecule has 0 aromatic heterocycles. The minimum atomic E-state index is -0.809. The largest absolute Gasteiger partial charge is 0.469 e. The first-order valence-corrected chi connectivity index (χ1v) is 4.88. The molecule has 2 N–H and O–H groups in total. The van der Waals surface area contributed by atoms with E-state index in [9.17, 15) is 15.0 Å². The summed E-state index contributed by atoms with van der Waals surface area (Å²) in [6.45, 7) is 3.99. The van der Waals surface area contributed by atoms with Crippen LogP contribution >= 0.6 is 0 Å². The zero-order valence-corrected chi connectivity index (χ0v) is 9.06. The third-order valence-corrected chi connectivity index (χ3v) is 1.92. The van der Waals surface area contributed by atoms with Crippen LogP contribution in [-0.2, 0) is 9.53 Å². The van der Waals surface area contributed by atoms with Gasteiger partial charge in [-0.3, -0.25) is 4.79 Å². The highest BCUT2D eigenvalue weighted by Crippen LogP contribution is 2.11. The van der Waals surface area contributed by atoms with Crippen LogP contribution < -0.4 is 0 Å². The third kappa shape index (κ3) is 6.86. The van der Waals surface area contributed by atoms with E-state index in [1.165, 1.54) is 7.11 Å². The van der Waals surface area contributed by atoms with Crippen LogP contribution in [0.25, 0.3) is 0 Å². The number of rotatable bonds is 6. The molecule has 2 atom stereocenters. The molecule has 0 aliphatic rings. The lowest BCUT2D eigenvalue weighted by molar-refractivity contribution is -0.143. The Bertz CT molecular complexity index is 168. The fraction of sp³-hybridized carbons (Fsp3) is 0.900. The highest BCUT2D eigenvalue weighted by molar-refractivity contribution is 5.69. The Morgan fingerprint density at radius 3 is 2.21 bits per heavy atom. The highest BCUT2D eigenvalue weighted by atomic mass is 16.5. The molecule has 0 aliphatic carbocycles. The molecule has 4 nitrogen and oxygen atoms in total. The van der Waals surface area contributed by atoms with Crippen molar-refractivity contribution in [2.24, 2.45) is 5.92 Å². The minimum Gasteiger partial charge on any atom is -0.469 e. The maximum atomic E-state index is 10.8. The molecule has 0 heterocycles. The van der Waals surface area contributed by atoms with Gasteiger partial charge in [-0.1, -0.05) is 13.8 Å². The van der Waals surface area contributed by atoms with E-state index in [0.29, 0.717) is 12.3 Å². The molecule has 2 unspecified atom stereocenters. The normalized spacial score (nSPS) is 15.3. The lowest BCUT2D eigenvalue weighted by atomic mass is 10.00. The molecule has 0 aromatic carbocycles. The van der Waals surface area contributed by atoms with Crippen molar-refractivity contribution in [3.63, 3.8) is 0 Å². The van der Waals surface area contributed by atoms with Gasteiger partial charge in [-0.25, -0.2) is 0 Å². The van der Waals surface area contributed by atoms with E-state index in [4.69, 9.17) is 0 Å². The van der Waals surface area contributed by atoms with Crippen LogP contribution in [0.4, 0.5) is 0 Å². The average Bonchev–Trinajstić information content (AvgIpc) is 2.01. The molecule has 0 aliphatic heterocycles. The lowest BCUT2D eigenvalue weighted by Gasteiger charge is -2.16. The van der Waals surface area contributed by atoms with E-state index in [-0.39, 0.29) is 12.8 Å². The van der Waals surface area contributed by atoms with E-state index in [0.717, 1.165) is 0 Å². The lowest BCUT2D eigenvalue weighted by Crippen LogP contribution is -2.22. The summed E-state index contributed by atoms with van der Waals surface area (Å²) in [4.78, 5) is 10.8. The van der Waals surface area contributed by atoms with Crippen molar-refractivity contribution in [2.75, 3.05) is 7.11 Å². The Morgan fingerprint density at radius 1 is 1.21 bits per heavy atom. The molecule has 14 heavy (non-hydrogen) atoms. The van der Waals surface area contributed by atoms with Crippen LogP contribution in [0, 0.1) is 5.92 Å². The number of hydrogen-bond donors (Lipinski definition) is 2. The molecule has 0 aromatic rings. The molecule has 0 fully saturated rings. The second kappa shape index (κ2) is 6.79. The maximum absolute atomic E-state index is 10.8. The quantitative estimate of drug-likeness (QED) is 0.625. The van der Waals surface area contributed by atoms with Crippen molar-refractivity contribution < 1.29 is 19.7 Å². The third-order valence-electron chi connectivity index (χ3n) is 1.92. The van der Waals surface area contributed by atoms with Gasteiger partial charge in [0, 0.05) is 0 Å². The molecule has 0 amide bonds.